The third-order valence-corrected chi connectivity index (χ3v) is 3.86. The second-order valence-electron chi connectivity index (χ2n) is 5.34. The first-order valence-electron chi connectivity index (χ1n) is 6.88. The number of pyridine rings is 2. The Morgan fingerprint density at radius 3 is 2.76 bits per heavy atom. The highest BCUT2D eigenvalue weighted by Crippen LogP contribution is 2.38. The molecule has 3 rings (SSSR count). The van der Waals surface area contributed by atoms with E-state index in [-0.39, 0.29) is 11.8 Å². The van der Waals surface area contributed by atoms with Crippen LogP contribution in [0.25, 0.3) is 10.8 Å². The van der Waals surface area contributed by atoms with Gasteiger partial charge in [-0.1, -0.05) is 12.8 Å². The molecule has 0 unspecified atom stereocenters. The summed E-state index contributed by atoms with van der Waals surface area (Å²) in [7, 11) is 1.79. The minimum atomic E-state index is 0.0273. The maximum atomic E-state index is 12.0. The molecule has 0 aliphatic heterocycles. The van der Waals surface area contributed by atoms with Crippen molar-refractivity contribution in [2.45, 2.75) is 13.3 Å². The number of carbonyl (C=O) groups is 1. The van der Waals surface area contributed by atoms with Crippen molar-refractivity contribution in [3.05, 3.63) is 24.0 Å². The molecule has 2 N–H and O–H groups in total. The van der Waals surface area contributed by atoms with Gasteiger partial charge in [-0.25, -0.2) is 9.97 Å². The molecule has 2 atom stereocenters. The van der Waals surface area contributed by atoms with E-state index in [2.05, 4.69) is 33.4 Å². The first-order chi connectivity index (χ1) is 10.1. The van der Waals surface area contributed by atoms with Gasteiger partial charge in [-0.3, -0.25) is 4.79 Å². The zero-order valence-electron chi connectivity index (χ0n) is 12.0. The highest BCUT2D eigenvalue weighted by atomic mass is 16.2. The largest absolute Gasteiger partial charge is 0.373 e. The minimum absolute atomic E-state index is 0.0273. The molecule has 1 amide bonds. The Hall–Kier alpha value is -2.61. The van der Waals surface area contributed by atoms with Gasteiger partial charge in [-0.2, -0.15) is 0 Å². The summed E-state index contributed by atoms with van der Waals surface area (Å²) in [6.45, 7) is 2.07. The standard InChI is InChI=1S/C16H16N4O/c1-4-10-7-19-15(17-3)13-8-18-14(6-12(10)13)20-16(21)11-5-9(11)2/h1,6-9,11H,5H2,2-3H3,(H,17,19)(H,18,20,21)/t9-,11+/m1/s1. The fourth-order valence-corrected chi connectivity index (χ4v) is 2.42. The van der Waals surface area contributed by atoms with Crippen molar-refractivity contribution >= 4 is 28.3 Å². The van der Waals surface area contributed by atoms with E-state index in [1.165, 1.54) is 0 Å². The van der Waals surface area contributed by atoms with Gasteiger partial charge in [0.1, 0.15) is 11.6 Å². The number of anilines is 2. The van der Waals surface area contributed by atoms with E-state index in [1.54, 1.807) is 25.5 Å². The predicted octanol–water partition coefficient (Wildman–Crippen LogP) is 2.25. The number of nitrogens with one attached hydrogen (secondary N) is 2. The summed E-state index contributed by atoms with van der Waals surface area (Å²) in [4.78, 5) is 20.5. The SMILES string of the molecule is C#Cc1cnc(NC)c2cnc(NC(=O)[C@H]3C[C@H]3C)cc12. The first-order valence-corrected chi connectivity index (χ1v) is 6.88. The maximum Gasteiger partial charge on any atom is 0.228 e. The Labute approximate surface area is 123 Å². The highest BCUT2D eigenvalue weighted by Gasteiger charge is 2.39. The van der Waals surface area contributed by atoms with Crippen LogP contribution in [0.5, 0.6) is 0 Å². The molecule has 2 aromatic rings. The normalized spacial score (nSPS) is 19.9. The van der Waals surface area contributed by atoms with Gasteiger partial charge in [0.25, 0.3) is 0 Å². The van der Waals surface area contributed by atoms with Crippen molar-refractivity contribution in [2.75, 3.05) is 17.7 Å². The number of aromatic nitrogens is 2. The average Bonchev–Trinajstić information content (AvgIpc) is 3.23. The molecule has 0 radical (unpaired) electrons. The third-order valence-electron chi connectivity index (χ3n) is 3.86. The monoisotopic (exact) mass is 280 g/mol. The number of rotatable bonds is 3. The number of amides is 1. The summed E-state index contributed by atoms with van der Waals surface area (Å²) in [5.74, 6) is 4.45. The molecular weight excluding hydrogens is 264 g/mol. The van der Waals surface area contributed by atoms with Crippen molar-refractivity contribution in [3.63, 3.8) is 0 Å². The fourth-order valence-electron chi connectivity index (χ4n) is 2.42. The smallest absolute Gasteiger partial charge is 0.228 e. The minimum Gasteiger partial charge on any atom is -0.373 e. The van der Waals surface area contributed by atoms with Crippen molar-refractivity contribution in [3.8, 4) is 12.3 Å². The Balaban J connectivity index is 1.99. The van der Waals surface area contributed by atoms with Gasteiger partial charge >= 0.3 is 0 Å². The Kier molecular flexibility index (Phi) is 3.22. The Morgan fingerprint density at radius 2 is 2.14 bits per heavy atom. The molecule has 0 bridgehead atoms. The van der Waals surface area contributed by atoms with Crippen LogP contribution in [0.1, 0.15) is 18.9 Å². The molecule has 2 heterocycles. The van der Waals surface area contributed by atoms with E-state index >= 15 is 0 Å². The first kappa shape index (κ1) is 13.4. The lowest BCUT2D eigenvalue weighted by Crippen LogP contribution is -2.15. The van der Waals surface area contributed by atoms with E-state index in [9.17, 15) is 4.79 Å². The van der Waals surface area contributed by atoms with Gasteiger partial charge in [0, 0.05) is 36.1 Å². The van der Waals surface area contributed by atoms with Crippen LogP contribution in [0.4, 0.5) is 11.6 Å². The number of nitrogens with zero attached hydrogens (tertiary/aromatic N) is 2. The summed E-state index contributed by atoms with van der Waals surface area (Å²) in [6.07, 6.45) is 9.79. The lowest BCUT2D eigenvalue weighted by molar-refractivity contribution is -0.117. The molecule has 0 saturated heterocycles. The average molecular weight is 280 g/mol. The Bertz CT molecular complexity index is 763. The van der Waals surface area contributed by atoms with E-state index in [0.717, 1.165) is 17.2 Å². The van der Waals surface area contributed by atoms with Gasteiger partial charge in [0.2, 0.25) is 5.91 Å². The molecule has 0 spiro atoms. The molecule has 2 aromatic heterocycles. The van der Waals surface area contributed by atoms with E-state index in [1.807, 2.05) is 0 Å². The molecule has 106 valence electrons. The summed E-state index contributed by atoms with van der Waals surface area (Å²) in [5.41, 5.74) is 0.682. The Morgan fingerprint density at radius 1 is 1.38 bits per heavy atom. The van der Waals surface area contributed by atoms with Crippen LogP contribution in [0.2, 0.25) is 0 Å². The topological polar surface area (TPSA) is 66.9 Å². The second-order valence-corrected chi connectivity index (χ2v) is 5.34. The third kappa shape index (κ3) is 2.40. The molecule has 1 saturated carbocycles. The molecular formula is C16H16N4O. The lowest BCUT2D eigenvalue weighted by Gasteiger charge is -2.09. The summed E-state index contributed by atoms with van der Waals surface area (Å²) in [6, 6.07) is 1.80. The van der Waals surface area contributed by atoms with Gasteiger partial charge < -0.3 is 10.6 Å². The van der Waals surface area contributed by atoms with Gasteiger partial charge in [0.05, 0.1) is 5.56 Å². The molecule has 1 fully saturated rings. The van der Waals surface area contributed by atoms with Crippen molar-refractivity contribution in [1.29, 1.82) is 0 Å². The number of terminal acetylenes is 1. The summed E-state index contributed by atoms with van der Waals surface area (Å²) < 4.78 is 0. The molecule has 5 heteroatoms. The highest BCUT2D eigenvalue weighted by molar-refractivity contribution is 5.99. The van der Waals surface area contributed by atoms with Gasteiger partial charge in [0.15, 0.2) is 0 Å². The van der Waals surface area contributed by atoms with Crippen LogP contribution in [0.3, 0.4) is 0 Å². The van der Waals surface area contributed by atoms with Crippen LogP contribution in [-0.4, -0.2) is 22.9 Å². The summed E-state index contributed by atoms with van der Waals surface area (Å²) >= 11 is 0. The van der Waals surface area contributed by atoms with Crippen LogP contribution in [-0.2, 0) is 4.79 Å². The lowest BCUT2D eigenvalue weighted by atomic mass is 10.1. The molecule has 21 heavy (non-hydrogen) atoms. The second kappa shape index (κ2) is 5.06. The number of fused-ring (bicyclic) bond motifs is 1. The van der Waals surface area contributed by atoms with Crippen LogP contribution in [0.15, 0.2) is 18.5 Å². The molecule has 1 aliphatic carbocycles. The van der Waals surface area contributed by atoms with Crippen molar-refractivity contribution in [2.24, 2.45) is 11.8 Å². The summed E-state index contributed by atoms with van der Waals surface area (Å²) in [5, 5.41) is 7.56. The van der Waals surface area contributed by atoms with Crippen LogP contribution < -0.4 is 10.6 Å². The van der Waals surface area contributed by atoms with Crippen LogP contribution in [0, 0.1) is 24.2 Å². The van der Waals surface area contributed by atoms with Gasteiger partial charge in [-0.15, -0.1) is 6.42 Å². The molecule has 1 aliphatic rings. The molecule has 0 aromatic carbocycles. The van der Waals surface area contributed by atoms with Crippen LogP contribution >= 0.6 is 0 Å². The van der Waals surface area contributed by atoms with E-state index < -0.39 is 0 Å². The number of hydrogen-bond donors (Lipinski definition) is 2. The number of carbonyl (C=O) groups excluding carboxylic acids is 1. The van der Waals surface area contributed by atoms with Crippen molar-refractivity contribution in [1.82, 2.24) is 9.97 Å². The predicted molar refractivity (Wildman–Crippen MR) is 82.9 cm³/mol. The van der Waals surface area contributed by atoms with E-state index in [0.29, 0.717) is 23.1 Å². The van der Waals surface area contributed by atoms with Crippen molar-refractivity contribution < 1.29 is 4.79 Å². The zero-order chi connectivity index (χ0) is 15.0. The van der Waals surface area contributed by atoms with Gasteiger partial charge in [-0.05, 0) is 18.4 Å². The maximum absolute atomic E-state index is 12.0. The fraction of sp³-hybridized carbons (Fsp3) is 0.312. The number of hydrogen-bond acceptors (Lipinski definition) is 4. The van der Waals surface area contributed by atoms with E-state index in [4.69, 9.17) is 6.42 Å². The molecule has 5 nitrogen and oxygen atoms in total. The quantitative estimate of drug-likeness (QED) is 0.846. The zero-order valence-corrected chi connectivity index (χ0v) is 12.0.